The third kappa shape index (κ3) is 4.80. The number of rotatable bonds is 7. The largest absolute Gasteiger partial charge is 0.374 e. The fraction of sp³-hybridized carbons (Fsp3) is 0.667. The maximum absolute atomic E-state index is 6.10. The smallest absolute Gasteiger partial charge is 0.0896 e. The molecule has 3 nitrogen and oxygen atoms in total. The van der Waals surface area contributed by atoms with Crippen LogP contribution in [0.5, 0.6) is 0 Å². The molecule has 0 bridgehead atoms. The molecule has 1 N–H and O–H groups in total. The number of hydrogen-bond acceptors (Lipinski definition) is 3. The summed E-state index contributed by atoms with van der Waals surface area (Å²) in [5.74, 6) is 0. The van der Waals surface area contributed by atoms with Crippen molar-refractivity contribution in [3.05, 3.63) is 35.4 Å². The summed E-state index contributed by atoms with van der Waals surface area (Å²) in [5, 5.41) is 3.69. The van der Waals surface area contributed by atoms with E-state index in [-0.39, 0.29) is 6.10 Å². The molecule has 2 unspecified atom stereocenters. The van der Waals surface area contributed by atoms with Crippen LogP contribution in [0.2, 0.25) is 0 Å². The number of nitrogens with zero attached hydrogens (tertiary/aromatic N) is 1. The number of nitrogens with one attached hydrogen (secondary N) is 1. The zero-order chi connectivity index (χ0) is 15.1. The van der Waals surface area contributed by atoms with Crippen LogP contribution >= 0.6 is 0 Å². The van der Waals surface area contributed by atoms with E-state index < -0.39 is 0 Å². The van der Waals surface area contributed by atoms with Gasteiger partial charge in [0, 0.05) is 13.1 Å². The van der Waals surface area contributed by atoms with Crippen molar-refractivity contribution >= 4 is 0 Å². The first-order chi connectivity index (χ1) is 10.2. The molecule has 1 aliphatic heterocycles. The SMILES string of the molecule is CCCNC(c1cccc(C)c1)C1CN(CCC)CCO1. The third-order valence-electron chi connectivity index (χ3n) is 4.10. The van der Waals surface area contributed by atoms with Crippen LogP contribution in [-0.4, -0.2) is 43.8 Å². The molecular weight excluding hydrogens is 260 g/mol. The fourth-order valence-electron chi connectivity index (χ4n) is 3.08. The number of morpholine rings is 1. The van der Waals surface area contributed by atoms with Gasteiger partial charge in [-0.05, 0) is 38.4 Å². The second-order valence-electron chi connectivity index (χ2n) is 6.06. The molecule has 1 aliphatic rings. The van der Waals surface area contributed by atoms with Crippen molar-refractivity contribution in [2.24, 2.45) is 0 Å². The fourth-order valence-corrected chi connectivity index (χ4v) is 3.08. The highest BCUT2D eigenvalue weighted by Gasteiger charge is 2.28. The van der Waals surface area contributed by atoms with E-state index >= 15 is 0 Å². The van der Waals surface area contributed by atoms with Crippen LogP contribution in [0.25, 0.3) is 0 Å². The molecule has 2 rings (SSSR count). The lowest BCUT2D eigenvalue weighted by Gasteiger charge is -2.37. The summed E-state index contributed by atoms with van der Waals surface area (Å²) in [4.78, 5) is 2.53. The van der Waals surface area contributed by atoms with E-state index in [1.54, 1.807) is 0 Å². The summed E-state index contributed by atoms with van der Waals surface area (Å²) in [7, 11) is 0. The van der Waals surface area contributed by atoms with Crippen LogP contribution in [-0.2, 0) is 4.74 Å². The van der Waals surface area contributed by atoms with Gasteiger partial charge in [-0.2, -0.15) is 0 Å². The van der Waals surface area contributed by atoms with Crippen molar-refractivity contribution in [3.63, 3.8) is 0 Å². The molecule has 0 radical (unpaired) electrons. The second-order valence-corrected chi connectivity index (χ2v) is 6.06. The van der Waals surface area contributed by atoms with Gasteiger partial charge in [0.1, 0.15) is 0 Å². The zero-order valence-corrected chi connectivity index (χ0v) is 13.8. The summed E-state index contributed by atoms with van der Waals surface area (Å²) in [6.45, 7) is 11.8. The predicted octanol–water partition coefficient (Wildman–Crippen LogP) is 3.15. The minimum atomic E-state index is 0.249. The summed E-state index contributed by atoms with van der Waals surface area (Å²) in [5.41, 5.74) is 2.67. The Kier molecular flexibility index (Phi) is 6.68. The van der Waals surface area contributed by atoms with Gasteiger partial charge in [0.25, 0.3) is 0 Å². The summed E-state index contributed by atoms with van der Waals surface area (Å²) in [6.07, 6.45) is 2.61. The molecule has 21 heavy (non-hydrogen) atoms. The van der Waals surface area contributed by atoms with Gasteiger partial charge >= 0.3 is 0 Å². The van der Waals surface area contributed by atoms with Gasteiger partial charge in [0.15, 0.2) is 0 Å². The first kappa shape index (κ1) is 16.5. The Morgan fingerprint density at radius 2 is 2.19 bits per heavy atom. The van der Waals surface area contributed by atoms with E-state index in [2.05, 4.69) is 55.3 Å². The first-order valence-electron chi connectivity index (χ1n) is 8.38. The molecule has 1 aromatic carbocycles. The van der Waals surface area contributed by atoms with Gasteiger partial charge < -0.3 is 10.1 Å². The third-order valence-corrected chi connectivity index (χ3v) is 4.10. The number of ether oxygens (including phenoxy) is 1. The van der Waals surface area contributed by atoms with Crippen molar-refractivity contribution in [1.82, 2.24) is 10.2 Å². The lowest BCUT2D eigenvalue weighted by molar-refractivity contribution is -0.0470. The van der Waals surface area contributed by atoms with Crippen LogP contribution in [0.15, 0.2) is 24.3 Å². The van der Waals surface area contributed by atoms with Crippen molar-refractivity contribution in [3.8, 4) is 0 Å². The lowest BCUT2D eigenvalue weighted by Crippen LogP contribution is -2.48. The number of benzene rings is 1. The van der Waals surface area contributed by atoms with Crippen molar-refractivity contribution in [2.45, 2.75) is 45.8 Å². The van der Waals surface area contributed by atoms with Gasteiger partial charge in [0.05, 0.1) is 18.8 Å². The lowest BCUT2D eigenvalue weighted by atomic mass is 9.98. The summed E-state index contributed by atoms with van der Waals surface area (Å²) in [6, 6.07) is 9.12. The molecule has 0 aromatic heterocycles. The standard InChI is InChI=1S/C18H30N2O/c1-4-9-19-18(16-8-6-7-15(3)13-16)17-14-20(10-5-2)11-12-21-17/h6-8,13,17-19H,4-5,9-12,14H2,1-3H3. The predicted molar refractivity (Wildman–Crippen MR) is 88.7 cm³/mol. The van der Waals surface area contributed by atoms with E-state index in [1.165, 1.54) is 24.1 Å². The summed E-state index contributed by atoms with van der Waals surface area (Å²) >= 11 is 0. The van der Waals surface area contributed by atoms with Gasteiger partial charge in [-0.3, -0.25) is 4.90 Å². The van der Waals surface area contributed by atoms with Crippen LogP contribution in [0, 0.1) is 6.92 Å². The average Bonchev–Trinajstić information content (AvgIpc) is 2.49. The van der Waals surface area contributed by atoms with Gasteiger partial charge in [-0.25, -0.2) is 0 Å². The van der Waals surface area contributed by atoms with E-state index in [4.69, 9.17) is 4.74 Å². The topological polar surface area (TPSA) is 24.5 Å². The summed E-state index contributed by atoms with van der Waals surface area (Å²) < 4.78 is 6.10. The van der Waals surface area contributed by atoms with E-state index in [9.17, 15) is 0 Å². The molecular formula is C18H30N2O. The average molecular weight is 290 g/mol. The molecule has 2 atom stereocenters. The van der Waals surface area contributed by atoms with Crippen molar-refractivity contribution in [1.29, 1.82) is 0 Å². The molecule has 0 saturated carbocycles. The second kappa shape index (κ2) is 8.52. The highest BCUT2D eigenvalue weighted by atomic mass is 16.5. The maximum atomic E-state index is 6.10. The van der Waals surface area contributed by atoms with Crippen LogP contribution < -0.4 is 5.32 Å². The molecule has 1 heterocycles. The molecule has 0 aliphatic carbocycles. The van der Waals surface area contributed by atoms with Gasteiger partial charge in [0.2, 0.25) is 0 Å². The Labute approximate surface area is 129 Å². The Morgan fingerprint density at radius 1 is 1.33 bits per heavy atom. The molecule has 1 fully saturated rings. The van der Waals surface area contributed by atoms with Crippen LogP contribution in [0.4, 0.5) is 0 Å². The zero-order valence-electron chi connectivity index (χ0n) is 13.8. The van der Waals surface area contributed by atoms with E-state index in [0.29, 0.717) is 6.04 Å². The minimum Gasteiger partial charge on any atom is -0.374 e. The highest BCUT2D eigenvalue weighted by molar-refractivity contribution is 5.26. The minimum absolute atomic E-state index is 0.249. The van der Waals surface area contributed by atoms with Crippen LogP contribution in [0.3, 0.4) is 0 Å². The Bertz CT molecular complexity index is 419. The van der Waals surface area contributed by atoms with Crippen molar-refractivity contribution < 1.29 is 4.74 Å². The molecule has 0 spiro atoms. The van der Waals surface area contributed by atoms with Gasteiger partial charge in [-0.15, -0.1) is 0 Å². The van der Waals surface area contributed by atoms with Gasteiger partial charge in [-0.1, -0.05) is 43.7 Å². The van der Waals surface area contributed by atoms with Crippen molar-refractivity contribution in [2.75, 3.05) is 32.8 Å². The van der Waals surface area contributed by atoms with Crippen LogP contribution in [0.1, 0.15) is 43.9 Å². The molecule has 3 heteroatoms. The molecule has 1 aromatic rings. The quantitative estimate of drug-likeness (QED) is 0.835. The Balaban J connectivity index is 2.11. The maximum Gasteiger partial charge on any atom is 0.0896 e. The molecule has 1 saturated heterocycles. The highest BCUT2D eigenvalue weighted by Crippen LogP contribution is 2.23. The number of hydrogen-bond donors (Lipinski definition) is 1. The molecule has 118 valence electrons. The monoisotopic (exact) mass is 290 g/mol. The Hall–Kier alpha value is -0.900. The number of aryl methyl sites for hydroxylation is 1. The molecule has 0 amide bonds. The normalized spacial score (nSPS) is 21.4. The van der Waals surface area contributed by atoms with E-state index in [0.717, 1.165) is 32.7 Å². The first-order valence-corrected chi connectivity index (χ1v) is 8.38. The Morgan fingerprint density at radius 3 is 2.90 bits per heavy atom. The van der Waals surface area contributed by atoms with E-state index in [1.807, 2.05) is 0 Å².